The zero-order valence-electron chi connectivity index (χ0n) is 3.55. The second-order valence-electron chi connectivity index (χ2n) is 0.554. The van der Waals surface area contributed by atoms with Crippen LogP contribution in [-0.4, -0.2) is 24.0 Å². The van der Waals surface area contributed by atoms with Crippen molar-refractivity contribution >= 4 is 66.5 Å². The van der Waals surface area contributed by atoms with Crippen molar-refractivity contribution in [3.05, 3.63) is 0 Å². The third kappa shape index (κ3) is 203. The molecule has 0 saturated carbocycles. The SMILES string of the molecule is NC(N)=S.[Cl][Fe]([Cl])[Cl].[LiH]. The van der Waals surface area contributed by atoms with Gasteiger partial charge in [-0.05, 0) is 12.2 Å². The Bertz CT molecular complexity index is 66.1. The summed E-state index contributed by atoms with van der Waals surface area (Å²) in [5.41, 5.74) is 9.24. The van der Waals surface area contributed by atoms with Gasteiger partial charge in [0.1, 0.15) is 0 Å². The summed E-state index contributed by atoms with van der Waals surface area (Å²) < 4.78 is 0. The number of halogens is 3. The number of nitrogens with two attached hydrogens (primary N) is 2. The Balaban J connectivity index is -0.0000000720. The summed E-state index contributed by atoms with van der Waals surface area (Å²) in [7, 11) is 14.7. The average Bonchev–Trinajstić information content (AvgIpc) is 1.25. The first-order chi connectivity index (χ1) is 3.46. The van der Waals surface area contributed by atoms with Crippen LogP contribution in [0.15, 0.2) is 0 Å². The van der Waals surface area contributed by atoms with Crippen molar-refractivity contribution < 1.29 is 11.2 Å². The maximum atomic E-state index is 4.89. The predicted octanol–water partition coefficient (Wildman–Crippen LogP) is 0.606. The van der Waals surface area contributed by atoms with Crippen LogP contribution in [0.5, 0.6) is 0 Å². The molecule has 0 spiro atoms. The molecule has 0 aliphatic rings. The Hall–Kier alpha value is 1.68. The van der Waals surface area contributed by atoms with Crippen molar-refractivity contribution in [2.24, 2.45) is 11.5 Å². The van der Waals surface area contributed by atoms with Gasteiger partial charge in [-0.2, -0.15) is 0 Å². The molecule has 0 unspecified atom stereocenters. The number of hydrogen-bond acceptors (Lipinski definition) is 1. The first kappa shape index (κ1) is 17.0. The van der Waals surface area contributed by atoms with Crippen LogP contribution in [0, 0.1) is 0 Å². The molecule has 0 amide bonds. The molecule has 0 fully saturated rings. The first-order valence-corrected chi connectivity index (χ1v) is 6.15. The Morgan fingerprint density at radius 2 is 1.22 bits per heavy atom. The van der Waals surface area contributed by atoms with Crippen LogP contribution in [-0.2, 0) is 11.2 Å². The van der Waals surface area contributed by atoms with Gasteiger partial charge in [-0.3, -0.25) is 0 Å². The summed E-state index contributed by atoms with van der Waals surface area (Å²) >= 11 is 2.76. The molecule has 0 aliphatic heterocycles. The van der Waals surface area contributed by atoms with Crippen LogP contribution in [0.1, 0.15) is 0 Å². The van der Waals surface area contributed by atoms with Gasteiger partial charge in [0.05, 0.1) is 0 Å². The van der Waals surface area contributed by atoms with E-state index in [1.165, 1.54) is 0 Å². The van der Waals surface area contributed by atoms with Crippen molar-refractivity contribution in [3.8, 4) is 0 Å². The third-order valence-electron chi connectivity index (χ3n) is 0. The number of hydrogen-bond donors (Lipinski definition) is 2. The Labute approximate surface area is 88.3 Å². The summed E-state index contributed by atoms with van der Waals surface area (Å²) in [6.45, 7) is 0. The topological polar surface area (TPSA) is 52.0 Å². The molecule has 0 aromatic heterocycles. The average molecular weight is 246 g/mol. The van der Waals surface area contributed by atoms with E-state index < -0.39 is 11.2 Å². The molecule has 0 heterocycles. The van der Waals surface area contributed by atoms with E-state index in [0.29, 0.717) is 0 Å². The fourth-order valence-electron chi connectivity index (χ4n) is 0. The summed E-state index contributed by atoms with van der Waals surface area (Å²) in [4.78, 5) is 0. The summed E-state index contributed by atoms with van der Waals surface area (Å²) in [5.74, 6) is 0. The van der Waals surface area contributed by atoms with Gasteiger partial charge in [-0.1, -0.05) is 0 Å². The normalized spacial score (nSPS) is 7.67. The molecular formula is CH5Cl3FeLiN2S. The minimum absolute atomic E-state index is 0. The molecule has 2 nitrogen and oxygen atoms in total. The van der Waals surface area contributed by atoms with Gasteiger partial charge in [0, 0.05) is 0 Å². The summed E-state index contributed by atoms with van der Waals surface area (Å²) in [6.07, 6.45) is 0. The van der Waals surface area contributed by atoms with Gasteiger partial charge in [0.15, 0.2) is 5.11 Å². The van der Waals surface area contributed by atoms with Gasteiger partial charge in [-0.15, -0.1) is 0 Å². The van der Waals surface area contributed by atoms with Gasteiger partial charge in [0.2, 0.25) is 0 Å². The van der Waals surface area contributed by atoms with Crippen LogP contribution in [0.4, 0.5) is 0 Å². The van der Waals surface area contributed by atoms with Gasteiger partial charge >= 0.3 is 60.3 Å². The van der Waals surface area contributed by atoms with E-state index in [2.05, 4.69) is 23.7 Å². The van der Waals surface area contributed by atoms with Gasteiger partial charge < -0.3 is 11.5 Å². The molecule has 0 aromatic carbocycles. The van der Waals surface area contributed by atoms with E-state index in [-0.39, 0.29) is 24.0 Å². The van der Waals surface area contributed by atoms with Crippen LogP contribution >= 0.6 is 42.5 Å². The Morgan fingerprint density at radius 1 is 1.22 bits per heavy atom. The van der Waals surface area contributed by atoms with Crippen molar-refractivity contribution in [3.63, 3.8) is 0 Å². The van der Waals surface area contributed by atoms with Crippen LogP contribution < -0.4 is 11.5 Å². The molecule has 4 N–H and O–H groups in total. The van der Waals surface area contributed by atoms with Crippen molar-refractivity contribution in [1.82, 2.24) is 0 Å². The van der Waals surface area contributed by atoms with Crippen molar-refractivity contribution in [2.45, 2.75) is 0 Å². The minimum atomic E-state index is -1.33. The van der Waals surface area contributed by atoms with E-state index >= 15 is 0 Å². The van der Waals surface area contributed by atoms with Crippen LogP contribution in [0.3, 0.4) is 0 Å². The summed E-state index contributed by atoms with van der Waals surface area (Å²) in [6, 6.07) is 0. The Kier molecular flexibility index (Phi) is 23.3. The van der Waals surface area contributed by atoms with Crippen molar-refractivity contribution in [1.29, 1.82) is 0 Å². The molecule has 0 saturated heterocycles. The molecule has 0 bridgehead atoms. The molecule has 9 heavy (non-hydrogen) atoms. The molecule has 0 atom stereocenters. The fraction of sp³-hybridized carbons (Fsp3) is 0. The molecule has 55 valence electrons. The molecule has 0 radical (unpaired) electrons. The number of rotatable bonds is 0. The third-order valence-corrected chi connectivity index (χ3v) is 0. The van der Waals surface area contributed by atoms with Gasteiger partial charge in [0.25, 0.3) is 0 Å². The van der Waals surface area contributed by atoms with Crippen molar-refractivity contribution in [2.75, 3.05) is 0 Å². The van der Waals surface area contributed by atoms with Gasteiger partial charge in [-0.25, -0.2) is 0 Å². The van der Waals surface area contributed by atoms with E-state index in [1.807, 2.05) is 0 Å². The molecular weight excluding hydrogens is 241 g/mol. The second-order valence-corrected chi connectivity index (χ2v) is 6.50. The Morgan fingerprint density at radius 3 is 1.22 bits per heavy atom. The first-order valence-electron chi connectivity index (χ1n) is 1.18. The summed E-state index contributed by atoms with van der Waals surface area (Å²) in [5, 5.41) is 0.000000000000000222. The molecule has 0 aromatic rings. The molecule has 8 heteroatoms. The molecule has 0 rings (SSSR count). The number of thiocarbonyl (C=S) groups is 1. The molecule has 0 aliphatic carbocycles. The quantitative estimate of drug-likeness (QED) is 0.486. The maximum absolute atomic E-state index is 4.89. The van der Waals surface area contributed by atoms with E-state index in [9.17, 15) is 0 Å². The standard InChI is InChI=1S/CH4N2S.3ClH.Fe.Li.H/c2-1(3)4;;;;;;/h(H4,2,3,4);3*1H;;;/q;;;;+3;;/p-3. The van der Waals surface area contributed by atoms with Crippen LogP contribution in [0.25, 0.3) is 0 Å². The zero-order chi connectivity index (χ0) is 7.15. The second kappa shape index (κ2) is 12.4. The predicted molar refractivity (Wildman–Crippen MR) is 45.7 cm³/mol. The zero-order valence-corrected chi connectivity index (χ0v) is 7.74. The van der Waals surface area contributed by atoms with Crippen LogP contribution in [0.2, 0.25) is 0 Å². The van der Waals surface area contributed by atoms with E-state index in [4.69, 9.17) is 30.3 Å². The van der Waals surface area contributed by atoms with E-state index in [1.54, 1.807) is 0 Å². The monoisotopic (exact) mass is 245 g/mol. The van der Waals surface area contributed by atoms with E-state index in [0.717, 1.165) is 0 Å². The fourth-order valence-corrected chi connectivity index (χ4v) is 0.